The molecule has 128 valence electrons. The van der Waals surface area contributed by atoms with Gasteiger partial charge in [-0.15, -0.1) is 0 Å². The van der Waals surface area contributed by atoms with Gasteiger partial charge in [-0.3, -0.25) is 0 Å². The standard InChI is InChI=1S/C22H26Cl2/c1-14(2)19-11-18-5-4-16(8-20(18)12-19)6-15(3)7-17-9-21(23)13-22(24)10-17/h4-5,8-10,13-15,19H,6-7,11-12H2,1-3H3. The lowest BCUT2D eigenvalue weighted by atomic mass is 9.92. The SMILES string of the molecule is CC(Cc1cc(Cl)cc(Cl)c1)Cc1ccc2c(c1)CC(C(C)C)C2. The van der Waals surface area contributed by atoms with Crippen molar-refractivity contribution in [2.45, 2.75) is 46.5 Å². The van der Waals surface area contributed by atoms with Crippen LogP contribution in [0.3, 0.4) is 0 Å². The van der Waals surface area contributed by atoms with Crippen LogP contribution in [-0.2, 0) is 25.7 Å². The zero-order valence-electron chi connectivity index (χ0n) is 14.8. The smallest absolute Gasteiger partial charge is 0.0423 e. The van der Waals surface area contributed by atoms with Crippen LogP contribution in [0.25, 0.3) is 0 Å². The summed E-state index contributed by atoms with van der Waals surface area (Å²) in [5.41, 5.74) is 5.82. The molecular formula is C22H26Cl2. The molecule has 2 aromatic carbocycles. The van der Waals surface area contributed by atoms with Gasteiger partial charge in [-0.25, -0.2) is 0 Å². The number of fused-ring (bicyclic) bond motifs is 1. The fourth-order valence-corrected chi connectivity index (χ4v) is 4.48. The first kappa shape index (κ1) is 17.8. The second kappa shape index (κ2) is 7.50. The normalized spacial score (nSPS) is 18.0. The molecule has 0 bridgehead atoms. The molecule has 2 aromatic rings. The minimum absolute atomic E-state index is 0.569. The Hall–Kier alpha value is -0.980. The molecular weight excluding hydrogens is 335 g/mol. The highest BCUT2D eigenvalue weighted by Crippen LogP contribution is 2.32. The zero-order valence-corrected chi connectivity index (χ0v) is 16.3. The Bertz CT molecular complexity index is 698. The van der Waals surface area contributed by atoms with Crippen LogP contribution >= 0.6 is 23.2 Å². The first-order valence-corrected chi connectivity index (χ1v) is 9.72. The van der Waals surface area contributed by atoms with Crippen LogP contribution in [0.1, 0.15) is 43.0 Å². The molecule has 3 rings (SSSR count). The van der Waals surface area contributed by atoms with E-state index in [2.05, 4.69) is 39.0 Å². The Morgan fingerprint density at radius 3 is 2.12 bits per heavy atom. The average molecular weight is 361 g/mol. The van der Waals surface area contributed by atoms with E-state index >= 15 is 0 Å². The molecule has 0 N–H and O–H groups in total. The Kier molecular flexibility index (Phi) is 5.57. The summed E-state index contributed by atoms with van der Waals surface area (Å²) >= 11 is 12.2. The Balaban J connectivity index is 1.65. The lowest BCUT2D eigenvalue weighted by Gasteiger charge is -2.13. The molecule has 1 aliphatic carbocycles. The molecule has 1 aliphatic rings. The van der Waals surface area contributed by atoms with Gasteiger partial charge in [0, 0.05) is 10.0 Å². The fraction of sp³-hybridized carbons (Fsp3) is 0.455. The fourth-order valence-electron chi connectivity index (χ4n) is 3.91. The van der Waals surface area contributed by atoms with Crippen LogP contribution in [0, 0.1) is 17.8 Å². The minimum Gasteiger partial charge on any atom is -0.0843 e. The van der Waals surface area contributed by atoms with E-state index in [1.165, 1.54) is 24.0 Å². The van der Waals surface area contributed by atoms with E-state index in [1.54, 1.807) is 17.2 Å². The molecule has 0 aliphatic heterocycles. The van der Waals surface area contributed by atoms with E-state index in [1.807, 2.05) is 12.1 Å². The van der Waals surface area contributed by atoms with Crippen LogP contribution in [-0.4, -0.2) is 0 Å². The molecule has 0 fully saturated rings. The molecule has 0 amide bonds. The quantitative estimate of drug-likeness (QED) is 0.550. The van der Waals surface area contributed by atoms with Gasteiger partial charge >= 0.3 is 0 Å². The molecule has 0 radical (unpaired) electrons. The van der Waals surface area contributed by atoms with Crippen molar-refractivity contribution in [3.05, 3.63) is 68.7 Å². The summed E-state index contributed by atoms with van der Waals surface area (Å²) in [4.78, 5) is 0. The summed E-state index contributed by atoms with van der Waals surface area (Å²) in [5.74, 6) is 2.16. The van der Waals surface area contributed by atoms with Crippen molar-refractivity contribution in [1.82, 2.24) is 0 Å². The maximum Gasteiger partial charge on any atom is 0.0423 e. The monoisotopic (exact) mass is 360 g/mol. The lowest BCUT2D eigenvalue weighted by Crippen LogP contribution is -2.07. The van der Waals surface area contributed by atoms with E-state index in [0.717, 1.165) is 34.7 Å². The number of hydrogen-bond donors (Lipinski definition) is 0. The zero-order chi connectivity index (χ0) is 17.3. The van der Waals surface area contributed by atoms with Gasteiger partial charge in [0.2, 0.25) is 0 Å². The van der Waals surface area contributed by atoms with Crippen molar-refractivity contribution in [1.29, 1.82) is 0 Å². The van der Waals surface area contributed by atoms with E-state index in [9.17, 15) is 0 Å². The van der Waals surface area contributed by atoms with Crippen molar-refractivity contribution in [3.8, 4) is 0 Å². The summed E-state index contributed by atoms with van der Waals surface area (Å²) < 4.78 is 0. The maximum atomic E-state index is 6.11. The Labute approximate surface area is 156 Å². The van der Waals surface area contributed by atoms with Crippen molar-refractivity contribution in [3.63, 3.8) is 0 Å². The number of halogens is 2. The van der Waals surface area contributed by atoms with E-state index in [0.29, 0.717) is 5.92 Å². The van der Waals surface area contributed by atoms with Crippen molar-refractivity contribution < 1.29 is 0 Å². The molecule has 2 atom stereocenters. The van der Waals surface area contributed by atoms with Crippen LogP contribution in [0.5, 0.6) is 0 Å². The molecule has 0 aromatic heterocycles. The highest BCUT2D eigenvalue weighted by atomic mass is 35.5. The minimum atomic E-state index is 0.569. The van der Waals surface area contributed by atoms with E-state index < -0.39 is 0 Å². The van der Waals surface area contributed by atoms with Gasteiger partial charge in [0.15, 0.2) is 0 Å². The molecule has 2 heteroatoms. The summed E-state index contributed by atoms with van der Waals surface area (Å²) in [7, 11) is 0. The van der Waals surface area contributed by atoms with Gasteiger partial charge in [-0.05, 0) is 83.9 Å². The van der Waals surface area contributed by atoms with Gasteiger partial charge < -0.3 is 0 Å². The highest BCUT2D eigenvalue weighted by molar-refractivity contribution is 6.34. The number of benzene rings is 2. The van der Waals surface area contributed by atoms with Gasteiger partial charge in [0.05, 0.1) is 0 Å². The third-order valence-electron chi connectivity index (χ3n) is 5.27. The molecule has 2 unspecified atom stereocenters. The van der Waals surface area contributed by atoms with Gasteiger partial charge in [0.25, 0.3) is 0 Å². The Morgan fingerprint density at radius 1 is 0.833 bits per heavy atom. The van der Waals surface area contributed by atoms with Crippen molar-refractivity contribution in [2.75, 3.05) is 0 Å². The number of rotatable bonds is 5. The maximum absolute atomic E-state index is 6.11. The largest absolute Gasteiger partial charge is 0.0843 e. The van der Waals surface area contributed by atoms with Gasteiger partial charge in [0.1, 0.15) is 0 Å². The Morgan fingerprint density at radius 2 is 1.46 bits per heavy atom. The molecule has 24 heavy (non-hydrogen) atoms. The second-order valence-corrected chi connectivity index (χ2v) is 8.68. The van der Waals surface area contributed by atoms with Crippen molar-refractivity contribution >= 4 is 23.2 Å². The molecule has 0 spiro atoms. The average Bonchev–Trinajstić information content (AvgIpc) is 2.89. The third-order valence-corrected chi connectivity index (χ3v) is 5.70. The van der Waals surface area contributed by atoms with Crippen LogP contribution in [0.15, 0.2) is 36.4 Å². The lowest BCUT2D eigenvalue weighted by molar-refractivity contribution is 0.404. The first-order valence-electron chi connectivity index (χ1n) is 8.96. The summed E-state index contributed by atoms with van der Waals surface area (Å²) in [5, 5.41) is 1.45. The van der Waals surface area contributed by atoms with E-state index in [4.69, 9.17) is 23.2 Å². The molecule has 0 nitrogen and oxygen atoms in total. The molecule has 0 heterocycles. The van der Waals surface area contributed by atoms with Crippen LogP contribution in [0.4, 0.5) is 0 Å². The predicted molar refractivity (Wildman–Crippen MR) is 105 cm³/mol. The first-order chi connectivity index (χ1) is 11.4. The van der Waals surface area contributed by atoms with Crippen LogP contribution < -0.4 is 0 Å². The second-order valence-electron chi connectivity index (χ2n) is 7.81. The predicted octanol–water partition coefficient (Wildman–Crippen LogP) is 6.79. The van der Waals surface area contributed by atoms with Gasteiger partial charge in [-0.1, -0.05) is 62.2 Å². The highest BCUT2D eigenvalue weighted by Gasteiger charge is 2.24. The summed E-state index contributed by atoms with van der Waals surface area (Å²) in [6.07, 6.45) is 4.61. The summed E-state index contributed by atoms with van der Waals surface area (Å²) in [6.45, 7) is 6.99. The molecule has 0 saturated heterocycles. The number of hydrogen-bond acceptors (Lipinski definition) is 0. The van der Waals surface area contributed by atoms with Gasteiger partial charge in [-0.2, -0.15) is 0 Å². The van der Waals surface area contributed by atoms with Crippen LogP contribution in [0.2, 0.25) is 10.0 Å². The third kappa shape index (κ3) is 4.35. The van der Waals surface area contributed by atoms with Crippen molar-refractivity contribution in [2.24, 2.45) is 17.8 Å². The topological polar surface area (TPSA) is 0 Å². The summed E-state index contributed by atoms with van der Waals surface area (Å²) in [6, 6.07) is 13.0. The van der Waals surface area contributed by atoms with E-state index in [-0.39, 0.29) is 0 Å². The molecule has 0 saturated carbocycles.